The van der Waals surface area contributed by atoms with Crippen LogP contribution in [-0.2, 0) is 14.9 Å². The van der Waals surface area contributed by atoms with E-state index in [4.69, 9.17) is 9.73 Å². The van der Waals surface area contributed by atoms with Crippen molar-refractivity contribution in [1.82, 2.24) is 20.0 Å². The van der Waals surface area contributed by atoms with Gasteiger partial charge in [0.05, 0.1) is 26.3 Å². The van der Waals surface area contributed by atoms with Crippen molar-refractivity contribution in [3.05, 3.63) is 22.4 Å². The van der Waals surface area contributed by atoms with E-state index < -0.39 is 0 Å². The van der Waals surface area contributed by atoms with Gasteiger partial charge in [-0.25, -0.2) is 0 Å². The van der Waals surface area contributed by atoms with E-state index in [1.165, 1.54) is 4.88 Å². The fourth-order valence-corrected chi connectivity index (χ4v) is 4.51. The Bertz CT molecular complexity index is 669. The molecule has 0 aromatic carbocycles. The second-order valence-corrected chi connectivity index (χ2v) is 9.24. The summed E-state index contributed by atoms with van der Waals surface area (Å²) in [5.74, 6) is 1.20. The Labute approximate surface area is 201 Å². The van der Waals surface area contributed by atoms with E-state index in [-0.39, 0.29) is 35.3 Å². The number of carbonyl (C=O) groups is 1. The third-order valence-corrected chi connectivity index (χ3v) is 6.78. The molecule has 0 radical (unpaired) electrons. The minimum absolute atomic E-state index is 0. The van der Waals surface area contributed by atoms with Gasteiger partial charge in [0.25, 0.3) is 0 Å². The van der Waals surface area contributed by atoms with Gasteiger partial charge in [-0.2, -0.15) is 0 Å². The molecular formula is C21H36IN5O2S. The molecule has 7 nitrogen and oxygen atoms in total. The van der Waals surface area contributed by atoms with Crippen LogP contribution in [0.1, 0.15) is 25.6 Å². The maximum Gasteiger partial charge on any atom is 0.236 e. The van der Waals surface area contributed by atoms with E-state index in [9.17, 15) is 4.79 Å². The van der Waals surface area contributed by atoms with E-state index in [0.29, 0.717) is 19.8 Å². The SMILES string of the molecule is CCNC(=NCC(C)(C)c1cccs1)N1CCN(CC(=O)N2CCOCC2)CC1.I. The second kappa shape index (κ2) is 12.2. The maximum absolute atomic E-state index is 12.5. The van der Waals surface area contributed by atoms with Gasteiger partial charge in [0.1, 0.15) is 0 Å². The smallest absolute Gasteiger partial charge is 0.236 e. The molecule has 0 saturated carbocycles. The second-order valence-electron chi connectivity index (χ2n) is 8.29. The number of thiophene rings is 1. The van der Waals surface area contributed by atoms with Crippen molar-refractivity contribution in [3.8, 4) is 0 Å². The number of nitrogens with one attached hydrogen (secondary N) is 1. The van der Waals surface area contributed by atoms with Crippen LogP contribution in [0.15, 0.2) is 22.5 Å². The third-order valence-electron chi connectivity index (χ3n) is 5.54. The summed E-state index contributed by atoms with van der Waals surface area (Å²) in [6.45, 7) is 15.0. The molecule has 3 heterocycles. The van der Waals surface area contributed by atoms with Gasteiger partial charge in [-0.15, -0.1) is 35.3 Å². The summed E-state index contributed by atoms with van der Waals surface area (Å²) >= 11 is 1.79. The summed E-state index contributed by atoms with van der Waals surface area (Å²) in [5.41, 5.74) is 0.0290. The molecule has 1 aromatic heterocycles. The van der Waals surface area contributed by atoms with E-state index in [1.807, 2.05) is 4.90 Å². The lowest BCUT2D eigenvalue weighted by Crippen LogP contribution is -2.55. The molecule has 1 amide bonds. The Balaban J connectivity index is 0.00000320. The maximum atomic E-state index is 12.5. The first-order valence-corrected chi connectivity index (χ1v) is 11.5. The number of halogens is 1. The van der Waals surface area contributed by atoms with Crippen LogP contribution >= 0.6 is 35.3 Å². The van der Waals surface area contributed by atoms with Gasteiger partial charge in [0.2, 0.25) is 5.91 Å². The minimum atomic E-state index is 0. The highest BCUT2D eigenvalue weighted by atomic mass is 127. The van der Waals surface area contributed by atoms with Crippen LogP contribution in [0.2, 0.25) is 0 Å². The van der Waals surface area contributed by atoms with Crippen LogP contribution < -0.4 is 5.32 Å². The highest BCUT2D eigenvalue weighted by Gasteiger charge is 2.26. The van der Waals surface area contributed by atoms with Crippen LogP contribution in [-0.4, -0.2) is 98.7 Å². The standard InChI is InChI=1S/C21H35N5O2S.HI/c1-4-22-20(23-17-21(2,3)18-6-5-15-29-18)26-9-7-24(8-10-26)16-19(27)25-11-13-28-14-12-25;/h5-6,15H,4,7-14,16-17H2,1-3H3,(H,22,23);1H. The fourth-order valence-electron chi connectivity index (χ4n) is 3.66. The van der Waals surface area contributed by atoms with Gasteiger partial charge >= 0.3 is 0 Å². The number of guanidine groups is 1. The first-order chi connectivity index (χ1) is 14.0. The first-order valence-electron chi connectivity index (χ1n) is 10.6. The number of nitrogens with zero attached hydrogens (tertiary/aromatic N) is 4. The lowest BCUT2D eigenvalue weighted by atomic mass is 9.92. The Morgan fingerprint density at radius 3 is 2.47 bits per heavy atom. The molecule has 2 aliphatic heterocycles. The van der Waals surface area contributed by atoms with Gasteiger partial charge < -0.3 is 19.9 Å². The largest absolute Gasteiger partial charge is 0.378 e. The molecule has 9 heteroatoms. The highest BCUT2D eigenvalue weighted by molar-refractivity contribution is 14.0. The van der Waals surface area contributed by atoms with Crippen molar-refractivity contribution in [2.24, 2.45) is 4.99 Å². The molecule has 0 spiro atoms. The molecular weight excluding hydrogens is 513 g/mol. The molecule has 0 atom stereocenters. The molecule has 2 fully saturated rings. The summed E-state index contributed by atoms with van der Waals surface area (Å²) in [7, 11) is 0. The number of ether oxygens (including phenoxy) is 1. The number of hydrogen-bond acceptors (Lipinski definition) is 5. The summed E-state index contributed by atoms with van der Waals surface area (Å²) in [6, 6.07) is 4.30. The molecule has 2 aliphatic rings. The summed E-state index contributed by atoms with van der Waals surface area (Å²) in [4.78, 5) is 25.3. The minimum Gasteiger partial charge on any atom is -0.378 e. The molecule has 1 aromatic rings. The molecule has 3 rings (SSSR count). The van der Waals surface area contributed by atoms with E-state index in [2.05, 4.69) is 53.4 Å². The van der Waals surface area contributed by atoms with Crippen LogP contribution in [0.4, 0.5) is 0 Å². The predicted molar refractivity (Wildman–Crippen MR) is 134 cm³/mol. The summed E-state index contributed by atoms with van der Waals surface area (Å²) in [6.07, 6.45) is 0. The van der Waals surface area contributed by atoms with Gasteiger partial charge in [0.15, 0.2) is 5.96 Å². The summed E-state index contributed by atoms with van der Waals surface area (Å²) in [5, 5.41) is 5.58. The molecule has 0 aliphatic carbocycles. The van der Waals surface area contributed by atoms with E-state index in [1.54, 1.807) is 11.3 Å². The van der Waals surface area contributed by atoms with Crippen molar-refractivity contribution >= 4 is 47.2 Å². The van der Waals surface area contributed by atoms with Gasteiger partial charge in [0, 0.05) is 56.1 Å². The number of amides is 1. The third kappa shape index (κ3) is 7.06. The van der Waals surface area contributed by atoms with Crippen LogP contribution in [0, 0.1) is 0 Å². The van der Waals surface area contributed by atoms with Crippen molar-refractivity contribution in [1.29, 1.82) is 0 Å². The quantitative estimate of drug-likeness (QED) is 0.335. The van der Waals surface area contributed by atoms with Gasteiger partial charge in [-0.3, -0.25) is 14.7 Å². The Kier molecular flexibility index (Phi) is 10.3. The topological polar surface area (TPSA) is 60.4 Å². The van der Waals surface area contributed by atoms with E-state index >= 15 is 0 Å². The Morgan fingerprint density at radius 2 is 1.87 bits per heavy atom. The molecule has 30 heavy (non-hydrogen) atoms. The zero-order valence-corrected chi connectivity index (χ0v) is 21.6. The molecule has 2 saturated heterocycles. The van der Waals surface area contributed by atoms with Crippen molar-refractivity contribution < 1.29 is 9.53 Å². The molecule has 1 N–H and O–H groups in total. The lowest BCUT2D eigenvalue weighted by molar-refractivity contribution is -0.136. The number of rotatable bonds is 6. The number of morpholine rings is 1. The lowest BCUT2D eigenvalue weighted by Gasteiger charge is -2.37. The molecule has 0 unspecified atom stereocenters. The fraction of sp³-hybridized carbons (Fsp3) is 0.714. The van der Waals surface area contributed by atoms with Crippen molar-refractivity contribution in [2.45, 2.75) is 26.2 Å². The van der Waals surface area contributed by atoms with Gasteiger partial charge in [-0.1, -0.05) is 19.9 Å². The first kappa shape index (κ1) is 25.4. The number of hydrogen-bond donors (Lipinski definition) is 1. The molecule has 0 bridgehead atoms. The predicted octanol–water partition coefficient (Wildman–Crippen LogP) is 2.09. The zero-order valence-electron chi connectivity index (χ0n) is 18.4. The number of aliphatic imine (C=N–C) groups is 1. The number of carbonyl (C=O) groups excluding carboxylic acids is 1. The highest BCUT2D eigenvalue weighted by Crippen LogP contribution is 2.27. The van der Waals surface area contributed by atoms with E-state index in [0.717, 1.165) is 58.3 Å². The Morgan fingerprint density at radius 1 is 1.17 bits per heavy atom. The average molecular weight is 550 g/mol. The monoisotopic (exact) mass is 549 g/mol. The normalized spacial score (nSPS) is 18.8. The number of piperazine rings is 1. The summed E-state index contributed by atoms with van der Waals surface area (Å²) < 4.78 is 5.34. The van der Waals surface area contributed by atoms with Crippen LogP contribution in [0.3, 0.4) is 0 Å². The average Bonchev–Trinajstić information content (AvgIpc) is 3.28. The van der Waals surface area contributed by atoms with Gasteiger partial charge in [-0.05, 0) is 18.4 Å². The van der Waals surface area contributed by atoms with Crippen molar-refractivity contribution in [3.63, 3.8) is 0 Å². The van der Waals surface area contributed by atoms with Crippen molar-refractivity contribution in [2.75, 3.05) is 72.1 Å². The Hall–Kier alpha value is -0.910. The van der Waals surface area contributed by atoms with Crippen LogP contribution in [0.5, 0.6) is 0 Å². The molecule has 170 valence electrons. The zero-order chi connectivity index (χ0) is 20.7. The van der Waals surface area contributed by atoms with Crippen LogP contribution in [0.25, 0.3) is 0 Å².